The van der Waals surface area contributed by atoms with Gasteiger partial charge in [-0.05, 0) is 38.4 Å². The second-order valence-corrected chi connectivity index (χ2v) is 5.31. The fraction of sp³-hybridized carbons (Fsp3) is 1.00. The van der Waals surface area contributed by atoms with Gasteiger partial charge in [0.25, 0.3) is 0 Å². The van der Waals surface area contributed by atoms with E-state index in [1.54, 1.807) is 0 Å². The molecule has 1 saturated carbocycles. The molecule has 0 saturated heterocycles. The van der Waals surface area contributed by atoms with E-state index in [1.807, 2.05) is 0 Å². The highest BCUT2D eigenvalue weighted by atomic mass is 32.2. The summed E-state index contributed by atoms with van der Waals surface area (Å²) in [6.45, 7) is 2.10. The highest BCUT2D eigenvalue weighted by Crippen LogP contribution is 2.29. The van der Waals surface area contributed by atoms with Gasteiger partial charge >= 0.3 is 0 Å². The van der Waals surface area contributed by atoms with E-state index in [1.165, 1.54) is 44.3 Å². The number of nitrogens with two attached hydrogens (primary N) is 1. The van der Waals surface area contributed by atoms with E-state index in [-0.39, 0.29) is 0 Å². The maximum absolute atomic E-state index is 5.68. The third kappa shape index (κ3) is 4.36. The van der Waals surface area contributed by atoms with Crippen LogP contribution in [0.25, 0.3) is 0 Å². The van der Waals surface area contributed by atoms with Crippen LogP contribution in [0, 0.1) is 0 Å². The van der Waals surface area contributed by atoms with E-state index in [0.717, 1.165) is 5.25 Å². The van der Waals surface area contributed by atoms with Crippen LogP contribution in [-0.2, 0) is 0 Å². The van der Waals surface area contributed by atoms with Gasteiger partial charge in [-0.3, -0.25) is 0 Å². The number of hydrogen-bond acceptors (Lipinski definition) is 2. The monoisotopic (exact) mass is 187 g/mol. The Morgan fingerprint density at radius 2 is 2.08 bits per heavy atom. The fourth-order valence-corrected chi connectivity index (χ4v) is 3.04. The standard InChI is InChI=1S/C10H21NS/c1-9(11)5-4-8-12-10-6-2-3-7-10/h9-10H,2-8,11H2,1H3. The first kappa shape index (κ1) is 10.4. The molecule has 0 heterocycles. The molecule has 1 rings (SSSR count). The Kier molecular flexibility index (Phi) is 5.08. The van der Waals surface area contributed by atoms with Gasteiger partial charge in [-0.15, -0.1) is 0 Å². The third-order valence-electron chi connectivity index (χ3n) is 2.46. The van der Waals surface area contributed by atoms with E-state index in [4.69, 9.17) is 5.73 Å². The van der Waals surface area contributed by atoms with E-state index >= 15 is 0 Å². The van der Waals surface area contributed by atoms with Crippen molar-refractivity contribution in [2.45, 2.75) is 56.7 Å². The summed E-state index contributed by atoms with van der Waals surface area (Å²) in [7, 11) is 0. The summed E-state index contributed by atoms with van der Waals surface area (Å²) in [5, 5.41) is 0.984. The molecule has 0 bridgehead atoms. The summed E-state index contributed by atoms with van der Waals surface area (Å²) in [5.74, 6) is 1.33. The van der Waals surface area contributed by atoms with Gasteiger partial charge in [0.15, 0.2) is 0 Å². The number of hydrogen-bond donors (Lipinski definition) is 1. The van der Waals surface area contributed by atoms with Gasteiger partial charge < -0.3 is 5.73 Å². The first-order chi connectivity index (χ1) is 5.79. The van der Waals surface area contributed by atoms with Gasteiger partial charge in [-0.2, -0.15) is 11.8 Å². The molecule has 1 fully saturated rings. The Balaban J connectivity index is 1.88. The largest absolute Gasteiger partial charge is 0.328 e. The van der Waals surface area contributed by atoms with Gasteiger partial charge in [0.1, 0.15) is 0 Å². The van der Waals surface area contributed by atoms with Crippen molar-refractivity contribution in [2.75, 3.05) is 5.75 Å². The van der Waals surface area contributed by atoms with Crippen molar-refractivity contribution in [2.24, 2.45) is 5.73 Å². The molecule has 1 nitrogen and oxygen atoms in total. The van der Waals surface area contributed by atoms with Crippen molar-refractivity contribution in [1.82, 2.24) is 0 Å². The first-order valence-electron chi connectivity index (χ1n) is 5.16. The van der Waals surface area contributed by atoms with Crippen LogP contribution in [-0.4, -0.2) is 17.0 Å². The molecule has 2 N–H and O–H groups in total. The van der Waals surface area contributed by atoms with Gasteiger partial charge in [-0.25, -0.2) is 0 Å². The molecule has 72 valence electrons. The fourth-order valence-electron chi connectivity index (χ4n) is 1.71. The topological polar surface area (TPSA) is 26.0 Å². The lowest BCUT2D eigenvalue weighted by Gasteiger charge is -2.09. The summed E-state index contributed by atoms with van der Waals surface area (Å²) in [6, 6.07) is 0.397. The summed E-state index contributed by atoms with van der Waals surface area (Å²) >= 11 is 2.17. The molecule has 1 aliphatic carbocycles. The molecule has 0 aromatic rings. The van der Waals surface area contributed by atoms with Crippen molar-refractivity contribution < 1.29 is 0 Å². The van der Waals surface area contributed by atoms with Crippen molar-refractivity contribution >= 4 is 11.8 Å². The van der Waals surface area contributed by atoms with Crippen LogP contribution in [0.1, 0.15) is 45.4 Å². The SMILES string of the molecule is CC(N)CCCSC1CCCC1. The molecule has 1 aliphatic rings. The van der Waals surface area contributed by atoms with E-state index in [0.29, 0.717) is 6.04 Å². The molecule has 12 heavy (non-hydrogen) atoms. The molecule has 0 aliphatic heterocycles. The zero-order chi connectivity index (χ0) is 8.81. The minimum Gasteiger partial charge on any atom is -0.328 e. The van der Waals surface area contributed by atoms with E-state index in [2.05, 4.69) is 18.7 Å². The lowest BCUT2D eigenvalue weighted by atomic mass is 10.2. The van der Waals surface area contributed by atoms with Gasteiger partial charge in [0.2, 0.25) is 0 Å². The molecular weight excluding hydrogens is 166 g/mol. The molecule has 0 aromatic carbocycles. The molecule has 0 spiro atoms. The molecule has 2 heteroatoms. The van der Waals surface area contributed by atoms with E-state index in [9.17, 15) is 0 Å². The molecular formula is C10H21NS. The van der Waals surface area contributed by atoms with Gasteiger partial charge in [-0.1, -0.05) is 12.8 Å². The molecule has 0 amide bonds. The van der Waals surface area contributed by atoms with Crippen molar-refractivity contribution in [3.8, 4) is 0 Å². The van der Waals surface area contributed by atoms with Crippen LogP contribution in [0.3, 0.4) is 0 Å². The van der Waals surface area contributed by atoms with Crippen molar-refractivity contribution in [1.29, 1.82) is 0 Å². The quantitative estimate of drug-likeness (QED) is 0.670. The minimum absolute atomic E-state index is 0.397. The van der Waals surface area contributed by atoms with Gasteiger partial charge in [0.05, 0.1) is 0 Å². The van der Waals surface area contributed by atoms with Crippen LogP contribution in [0.15, 0.2) is 0 Å². The molecule has 0 aromatic heterocycles. The average Bonchev–Trinajstić information content (AvgIpc) is 2.49. The van der Waals surface area contributed by atoms with Gasteiger partial charge in [0, 0.05) is 11.3 Å². The second kappa shape index (κ2) is 5.87. The zero-order valence-corrected chi connectivity index (χ0v) is 8.91. The normalized spacial score (nSPS) is 21.5. The predicted molar refractivity (Wildman–Crippen MR) is 57.6 cm³/mol. The Morgan fingerprint density at radius 1 is 1.42 bits per heavy atom. The average molecular weight is 187 g/mol. The lowest BCUT2D eigenvalue weighted by Crippen LogP contribution is -2.14. The Morgan fingerprint density at radius 3 is 2.67 bits per heavy atom. The second-order valence-electron chi connectivity index (χ2n) is 3.90. The Hall–Kier alpha value is 0.310. The minimum atomic E-state index is 0.397. The zero-order valence-electron chi connectivity index (χ0n) is 8.09. The maximum Gasteiger partial charge on any atom is 0.00470 e. The number of thioether (sulfide) groups is 1. The van der Waals surface area contributed by atoms with Crippen LogP contribution in [0.5, 0.6) is 0 Å². The summed E-state index contributed by atoms with van der Waals surface area (Å²) < 4.78 is 0. The summed E-state index contributed by atoms with van der Waals surface area (Å²) in [4.78, 5) is 0. The summed E-state index contributed by atoms with van der Waals surface area (Å²) in [5.41, 5.74) is 5.68. The third-order valence-corrected chi connectivity index (χ3v) is 3.93. The molecule has 1 unspecified atom stereocenters. The van der Waals surface area contributed by atoms with Crippen LogP contribution < -0.4 is 5.73 Å². The highest BCUT2D eigenvalue weighted by molar-refractivity contribution is 7.99. The first-order valence-corrected chi connectivity index (χ1v) is 6.21. The van der Waals surface area contributed by atoms with E-state index < -0.39 is 0 Å². The smallest absolute Gasteiger partial charge is 0.00470 e. The highest BCUT2D eigenvalue weighted by Gasteiger charge is 2.14. The molecule has 1 atom stereocenters. The van der Waals surface area contributed by atoms with Crippen LogP contribution >= 0.6 is 11.8 Å². The Bertz CT molecular complexity index is 108. The van der Waals surface area contributed by atoms with Crippen LogP contribution in [0.2, 0.25) is 0 Å². The van der Waals surface area contributed by atoms with Crippen molar-refractivity contribution in [3.63, 3.8) is 0 Å². The summed E-state index contributed by atoms with van der Waals surface area (Å²) in [6.07, 6.45) is 8.35. The predicted octanol–water partition coefficient (Wildman–Crippen LogP) is 2.79. The van der Waals surface area contributed by atoms with Crippen molar-refractivity contribution in [3.05, 3.63) is 0 Å². The Labute approximate surface area is 80.5 Å². The molecule has 0 radical (unpaired) electrons. The lowest BCUT2D eigenvalue weighted by molar-refractivity contribution is 0.656. The maximum atomic E-state index is 5.68. The van der Waals surface area contributed by atoms with Crippen LogP contribution in [0.4, 0.5) is 0 Å². The number of rotatable bonds is 5.